The lowest BCUT2D eigenvalue weighted by Crippen LogP contribution is -2.14. The molecule has 0 aliphatic heterocycles. The first kappa shape index (κ1) is 19.0. The third kappa shape index (κ3) is 4.17. The van der Waals surface area contributed by atoms with Crippen LogP contribution in [0.15, 0.2) is 83.3 Å². The minimum Gasteiger partial charge on any atom is -0.451 e. The van der Waals surface area contributed by atoms with E-state index >= 15 is 0 Å². The van der Waals surface area contributed by atoms with Gasteiger partial charge in [-0.1, -0.05) is 53.8 Å². The third-order valence-electron chi connectivity index (χ3n) is 4.77. The molecule has 3 aromatic carbocycles. The number of thiazole rings is 1. The molecule has 2 N–H and O–H groups in total. The molecule has 0 atom stereocenters. The van der Waals surface area contributed by atoms with Gasteiger partial charge >= 0.3 is 0 Å². The molecule has 0 saturated carbocycles. The fourth-order valence-corrected chi connectivity index (χ4v) is 4.15. The number of rotatable bonds is 5. The molecule has 0 bridgehead atoms. The van der Waals surface area contributed by atoms with Gasteiger partial charge in [0, 0.05) is 11.1 Å². The number of nitrogens with one attached hydrogen (secondary N) is 2. The Bertz CT molecular complexity index is 1340. The highest BCUT2D eigenvalue weighted by Crippen LogP contribution is 2.25. The quantitative estimate of drug-likeness (QED) is 0.389. The molecule has 0 saturated heterocycles. The predicted molar refractivity (Wildman–Crippen MR) is 123 cm³/mol. The molecule has 2 aromatic heterocycles. The van der Waals surface area contributed by atoms with Gasteiger partial charge in [-0.05, 0) is 42.0 Å². The Morgan fingerprint density at radius 3 is 2.48 bits per heavy atom. The van der Waals surface area contributed by atoms with E-state index in [1.165, 1.54) is 11.3 Å². The summed E-state index contributed by atoms with van der Waals surface area (Å²) in [5.74, 6) is -0.212. The molecule has 2 amide bonds. The van der Waals surface area contributed by atoms with Gasteiger partial charge in [0.25, 0.3) is 5.91 Å². The van der Waals surface area contributed by atoms with E-state index in [0.29, 0.717) is 16.4 Å². The van der Waals surface area contributed by atoms with Gasteiger partial charge in [0.05, 0.1) is 16.6 Å². The van der Waals surface area contributed by atoms with Crippen molar-refractivity contribution >= 4 is 55.2 Å². The van der Waals surface area contributed by atoms with E-state index in [1.807, 2.05) is 60.7 Å². The molecular weight excluding hydrogens is 410 g/mol. The van der Waals surface area contributed by atoms with E-state index in [-0.39, 0.29) is 24.0 Å². The minimum atomic E-state index is -0.322. The summed E-state index contributed by atoms with van der Waals surface area (Å²) >= 11 is 1.45. The Kier molecular flexibility index (Phi) is 4.93. The molecule has 152 valence electrons. The zero-order chi connectivity index (χ0) is 21.2. The molecule has 2 heterocycles. The van der Waals surface area contributed by atoms with Crippen LogP contribution in [-0.4, -0.2) is 16.8 Å². The molecule has 0 aliphatic carbocycles. The van der Waals surface area contributed by atoms with Gasteiger partial charge in [-0.3, -0.25) is 9.59 Å². The second kappa shape index (κ2) is 8.04. The zero-order valence-electron chi connectivity index (χ0n) is 16.3. The first-order chi connectivity index (χ1) is 15.1. The van der Waals surface area contributed by atoms with Gasteiger partial charge in [-0.25, -0.2) is 4.98 Å². The second-order valence-corrected chi connectivity index (χ2v) is 8.04. The molecule has 7 heteroatoms. The maximum Gasteiger partial charge on any atom is 0.291 e. The Morgan fingerprint density at radius 2 is 1.68 bits per heavy atom. The van der Waals surface area contributed by atoms with E-state index in [4.69, 9.17) is 4.42 Å². The summed E-state index contributed by atoms with van der Waals surface area (Å²) in [5, 5.41) is 7.12. The highest BCUT2D eigenvalue weighted by atomic mass is 32.1. The van der Waals surface area contributed by atoms with Gasteiger partial charge in [0.2, 0.25) is 5.91 Å². The van der Waals surface area contributed by atoms with Crippen molar-refractivity contribution in [2.45, 2.75) is 6.42 Å². The first-order valence-corrected chi connectivity index (χ1v) is 10.5. The van der Waals surface area contributed by atoms with Gasteiger partial charge in [0.1, 0.15) is 5.58 Å². The zero-order valence-corrected chi connectivity index (χ0v) is 17.1. The van der Waals surface area contributed by atoms with Crippen LogP contribution >= 0.6 is 11.3 Å². The average molecular weight is 427 g/mol. The van der Waals surface area contributed by atoms with E-state index in [1.54, 1.807) is 18.2 Å². The average Bonchev–Trinajstić information content (AvgIpc) is 3.38. The maximum atomic E-state index is 12.4. The number of carbonyl (C=O) groups excluding carboxylic acids is 2. The molecule has 0 aliphatic rings. The summed E-state index contributed by atoms with van der Waals surface area (Å²) in [6.07, 6.45) is 0.216. The topological polar surface area (TPSA) is 84.2 Å². The molecule has 0 fully saturated rings. The van der Waals surface area contributed by atoms with Crippen molar-refractivity contribution in [1.82, 2.24) is 4.98 Å². The van der Waals surface area contributed by atoms with Crippen molar-refractivity contribution in [3.63, 3.8) is 0 Å². The van der Waals surface area contributed by atoms with Gasteiger partial charge in [-0.2, -0.15) is 0 Å². The molecule has 0 unspecified atom stereocenters. The van der Waals surface area contributed by atoms with Crippen LogP contribution in [0.2, 0.25) is 0 Å². The number of hydrogen-bond acceptors (Lipinski definition) is 5. The molecule has 31 heavy (non-hydrogen) atoms. The molecule has 0 spiro atoms. The van der Waals surface area contributed by atoms with Crippen molar-refractivity contribution in [2.24, 2.45) is 0 Å². The Hall–Kier alpha value is -3.97. The third-order valence-corrected chi connectivity index (χ3v) is 5.72. The molecule has 6 nitrogen and oxygen atoms in total. The van der Waals surface area contributed by atoms with Crippen molar-refractivity contribution < 1.29 is 14.0 Å². The Balaban J connectivity index is 1.21. The van der Waals surface area contributed by atoms with Crippen LogP contribution < -0.4 is 10.6 Å². The Morgan fingerprint density at radius 1 is 0.903 bits per heavy atom. The fourth-order valence-electron chi connectivity index (χ4n) is 3.27. The van der Waals surface area contributed by atoms with Crippen molar-refractivity contribution in [1.29, 1.82) is 0 Å². The lowest BCUT2D eigenvalue weighted by atomic mass is 10.1. The van der Waals surface area contributed by atoms with Crippen molar-refractivity contribution in [3.8, 4) is 0 Å². The maximum absolute atomic E-state index is 12.4. The highest BCUT2D eigenvalue weighted by Gasteiger charge is 2.13. The summed E-state index contributed by atoms with van der Waals surface area (Å²) in [6, 6.07) is 24.1. The normalized spacial score (nSPS) is 11.0. The molecule has 5 aromatic rings. The van der Waals surface area contributed by atoms with E-state index in [9.17, 15) is 9.59 Å². The number of aromatic nitrogens is 1. The second-order valence-electron chi connectivity index (χ2n) is 7.01. The molecular formula is C24H17N3O3S. The molecule has 5 rings (SSSR count). The number of anilines is 2. The van der Waals surface area contributed by atoms with E-state index < -0.39 is 0 Å². The van der Waals surface area contributed by atoms with Crippen LogP contribution in [0.25, 0.3) is 21.2 Å². The van der Waals surface area contributed by atoms with Gasteiger partial charge < -0.3 is 15.1 Å². The van der Waals surface area contributed by atoms with E-state index in [2.05, 4.69) is 15.6 Å². The Labute approximate surface area is 181 Å². The lowest BCUT2D eigenvalue weighted by molar-refractivity contribution is -0.115. The van der Waals surface area contributed by atoms with Crippen LogP contribution in [0.1, 0.15) is 16.1 Å². The number of hydrogen-bond donors (Lipinski definition) is 2. The van der Waals surface area contributed by atoms with Crippen LogP contribution in [0, 0.1) is 0 Å². The monoisotopic (exact) mass is 427 g/mol. The van der Waals surface area contributed by atoms with Crippen LogP contribution in [0.4, 0.5) is 10.8 Å². The van der Waals surface area contributed by atoms with Gasteiger partial charge in [-0.15, -0.1) is 0 Å². The summed E-state index contributed by atoms with van der Waals surface area (Å²) in [5.41, 5.74) is 3.00. The van der Waals surface area contributed by atoms with Crippen LogP contribution in [0.3, 0.4) is 0 Å². The summed E-state index contributed by atoms with van der Waals surface area (Å²) in [4.78, 5) is 29.2. The van der Waals surface area contributed by atoms with E-state index in [0.717, 1.165) is 21.2 Å². The summed E-state index contributed by atoms with van der Waals surface area (Å²) in [7, 11) is 0. The number of furan rings is 1. The SMILES string of the molecule is O=C(Cc1ccc(NC(=O)c2cc3ccccc3o2)cc1)Nc1nc2ccccc2s1. The van der Waals surface area contributed by atoms with Gasteiger partial charge in [0.15, 0.2) is 10.9 Å². The number of carbonyl (C=O) groups is 2. The fraction of sp³-hybridized carbons (Fsp3) is 0.0417. The largest absolute Gasteiger partial charge is 0.451 e. The predicted octanol–water partition coefficient (Wildman–Crippen LogP) is 5.48. The number of benzene rings is 3. The number of nitrogens with zero attached hydrogens (tertiary/aromatic N) is 1. The number of amides is 2. The van der Waals surface area contributed by atoms with Crippen molar-refractivity contribution in [2.75, 3.05) is 10.6 Å². The van der Waals surface area contributed by atoms with Crippen LogP contribution in [0.5, 0.6) is 0 Å². The minimum absolute atomic E-state index is 0.141. The lowest BCUT2D eigenvalue weighted by Gasteiger charge is -2.05. The number of para-hydroxylation sites is 2. The standard InChI is InChI=1S/C24H17N3O3S/c28-22(27-24-26-18-6-2-4-8-21(18)31-24)13-15-9-11-17(12-10-15)25-23(29)20-14-16-5-1-3-7-19(16)30-20/h1-12,14H,13H2,(H,25,29)(H,26,27,28). The highest BCUT2D eigenvalue weighted by molar-refractivity contribution is 7.22. The summed E-state index contributed by atoms with van der Waals surface area (Å²) < 4.78 is 6.62. The van der Waals surface area contributed by atoms with Crippen LogP contribution in [-0.2, 0) is 11.2 Å². The summed E-state index contributed by atoms with van der Waals surface area (Å²) in [6.45, 7) is 0. The first-order valence-electron chi connectivity index (χ1n) is 9.68. The number of fused-ring (bicyclic) bond motifs is 2. The smallest absolute Gasteiger partial charge is 0.291 e. The van der Waals surface area contributed by atoms with Crippen molar-refractivity contribution in [3.05, 3.63) is 90.2 Å². The molecule has 0 radical (unpaired) electrons.